The molecular formula is C11H7N5O3. The number of hydrogen-bond acceptors (Lipinski definition) is 5. The van der Waals surface area contributed by atoms with E-state index < -0.39 is 11.5 Å². The molecule has 0 aliphatic carbocycles. The molecule has 0 unspecified atom stereocenters. The van der Waals surface area contributed by atoms with Crippen molar-refractivity contribution >= 4 is 11.6 Å². The number of nitrogens with one attached hydrogen (secondary N) is 1. The molecule has 0 aromatic carbocycles. The zero-order valence-corrected chi connectivity index (χ0v) is 9.44. The molecule has 3 aromatic heterocycles. The lowest BCUT2D eigenvalue weighted by Crippen LogP contribution is -2.17. The maximum atomic E-state index is 11.7. The highest BCUT2D eigenvalue weighted by Crippen LogP contribution is 2.14. The molecule has 0 atom stereocenters. The number of carboxylic acids is 1. The van der Waals surface area contributed by atoms with Gasteiger partial charge in [-0.2, -0.15) is 0 Å². The van der Waals surface area contributed by atoms with Gasteiger partial charge < -0.3 is 5.11 Å². The normalized spacial score (nSPS) is 10.7. The molecule has 0 radical (unpaired) electrons. The van der Waals surface area contributed by atoms with Crippen LogP contribution in [0.15, 0.2) is 35.5 Å². The molecule has 0 fully saturated rings. The Labute approximate surface area is 105 Å². The molecule has 3 heterocycles. The van der Waals surface area contributed by atoms with Gasteiger partial charge in [0.1, 0.15) is 5.69 Å². The van der Waals surface area contributed by atoms with Gasteiger partial charge in [-0.25, -0.2) is 14.3 Å². The van der Waals surface area contributed by atoms with Crippen molar-refractivity contribution < 1.29 is 9.90 Å². The summed E-state index contributed by atoms with van der Waals surface area (Å²) in [6.45, 7) is 0. The third-order valence-corrected chi connectivity index (χ3v) is 2.51. The second-order valence-electron chi connectivity index (χ2n) is 3.74. The van der Waals surface area contributed by atoms with Crippen molar-refractivity contribution in [2.24, 2.45) is 0 Å². The molecule has 0 aliphatic heterocycles. The highest BCUT2D eigenvalue weighted by atomic mass is 16.4. The van der Waals surface area contributed by atoms with Gasteiger partial charge in [0.25, 0.3) is 5.56 Å². The lowest BCUT2D eigenvalue weighted by Gasteiger charge is -1.94. The van der Waals surface area contributed by atoms with Crippen molar-refractivity contribution in [3.8, 4) is 11.4 Å². The van der Waals surface area contributed by atoms with Crippen LogP contribution in [0.1, 0.15) is 10.5 Å². The largest absolute Gasteiger partial charge is 0.477 e. The maximum Gasteiger partial charge on any atom is 0.354 e. The number of carbonyl (C=O) groups is 1. The lowest BCUT2D eigenvalue weighted by molar-refractivity contribution is 0.0690. The van der Waals surface area contributed by atoms with Crippen LogP contribution in [0.2, 0.25) is 0 Å². The van der Waals surface area contributed by atoms with Crippen molar-refractivity contribution in [3.63, 3.8) is 0 Å². The molecule has 3 aromatic rings. The summed E-state index contributed by atoms with van der Waals surface area (Å²) in [6.07, 6.45) is 4.56. The van der Waals surface area contributed by atoms with E-state index in [1.807, 2.05) is 0 Å². The number of nitrogens with zero attached hydrogens (tertiary/aromatic N) is 4. The first-order chi connectivity index (χ1) is 9.15. The zero-order chi connectivity index (χ0) is 13.4. The van der Waals surface area contributed by atoms with Crippen LogP contribution in [0.3, 0.4) is 0 Å². The van der Waals surface area contributed by atoms with Crippen LogP contribution in [-0.2, 0) is 0 Å². The number of aromatic amines is 1. The van der Waals surface area contributed by atoms with Crippen molar-refractivity contribution in [2.45, 2.75) is 0 Å². The second kappa shape index (κ2) is 4.02. The number of H-pyrrole nitrogens is 1. The predicted molar refractivity (Wildman–Crippen MR) is 63.8 cm³/mol. The van der Waals surface area contributed by atoms with E-state index in [1.54, 1.807) is 0 Å². The summed E-state index contributed by atoms with van der Waals surface area (Å²) >= 11 is 0. The average Bonchev–Trinajstić information content (AvgIpc) is 2.84. The molecule has 19 heavy (non-hydrogen) atoms. The van der Waals surface area contributed by atoms with Crippen LogP contribution in [0.25, 0.3) is 17.0 Å². The van der Waals surface area contributed by atoms with Gasteiger partial charge in [0.2, 0.25) is 0 Å². The van der Waals surface area contributed by atoms with Gasteiger partial charge in [-0.05, 0) is 0 Å². The van der Waals surface area contributed by atoms with Gasteiger partial charge in [0, 0.05) is 24.5 Å². The maximum absolute atomic E-state index is 11.7. The monoisotopic (exact) mass is 257 g/mol. The minimum absolute atomic E-state index is 0.213. The Morgan fingerprint density at radius 2 is 2.16 bits per heavy atom. The van der Waals surface area contributed by atoms with E-state index in [1.165, 1.54) is 24.7 Å². The molecule has 0 saturated carbocycles. The fraction of sp³-hybridized carbons (Fsp3) is 0. The summed E-state index contributed by atoms with van der Waals surface area (Å²) in [5.74, 6) is -1.25. The number of hydrogen-bond donors (Lipinski definition) is 2. The third kappa shape index (κ3) is 1.84. The Balaban J connectivity index is 2.24. The lowest BCUT2D eigenvalue weighted by atomic mass is 10.3. The van der Waals surface area contributed by atoms with Gasteiger partial charge >= 0.3 is 5.97 Å². The first-order valence-corrected chi connectivity index (χ1v) is 5.27. The van der Waals surface area contributed by atoms with E-state index in [4.69, 9.17) is 5.11 Å². The number of rotatable bonds is 2. The van der Waals surface area contributed by atoms with Crippen molar-refractivity contribution in [3.05, 3.63) is 46.8 Å². The topological polar surface area (TPSA) is 113 Å². The van der Waals surface area contributed by atoms with Gasteiger partial charge in [-0.3, -0.25) is 19.9 Å². The molecule has 0 amide bonds. The summed E-state index contributed by atoms with van der Waals surface area (Å²) in [4.78, 5) is 34.4. The molecule has 8 nitrogen and oxygen atoms in total. The van der Waals surface area contributed by atoms with Crippen molar-refractivity contribution in [1.29, 1.82) is 0 Å². The standard InChI is InChI=1S/C11H7N5O3/c17-10-4-7(11(18)19)14-9-3-6(15-16(9)10)8-5-12-1-2-13-8/h1-5,15H,(H,18,19). The van der Waals surface area contributed by atoms with Gasteiger partial charge in [-0.15, -0.1) is 0 Å². The second-order valence-corrected chi connectivity index (χ2v) is 3.74. The van der Waals surface area contributed by atoms with E-state index in [-0.39, 0.29) is 11.3 Å². The fourth-order valence-electron chi connectivity index (χ4n) is 1.67. The molecule has 0 aliphatic rings. The molecule has 2 N–H and O–H groups in total. The fourth-order valence-corrected chi connectivity index (χ4v) is 1.67. The highest BCUT2D eigenvalue weighted by molar-refractivity contribution is 5.85. The molecule has 3 rings (SSSR count). The van der Waals surface area contributed by atoms with E-state index in [9.17, 15) is 9.59 Å². The van der Waals surface area contributed by atoms with Crippen molar-refractivity contribution in [2.75, 3.05) is 0 Å². The Bertz CT molecular complexity index is 821. The first-order valence-electron chi connectivity index (χ1n) is 5.27. The molecule has 0 bridgehead atoms. The summed E-state index contributed by atoms with van der Waals surface area (Å²) in [7, 11) is 0. The number of fused-ring (bicyclic) bond motifs is 1. The Morgan fingerprint density at radius 3 is 2.84 bits per heavy atom. The zero-order valence-electron chi connectivity index (χ0n) is 9.44. The van der Waals surface area contributed by atoms with Crippen LogP contribution in [0.5, 0.6) is 0 Å². The predicted octanol–water partition coefficient (Wildman–Crippen LogP) is 0.178. The average molecular weight is 257 g/mol. The minimum Gasteiger partial charge on any atom is -0.477 e. The van der Waals surface area contributed by atoms with Crippen LogP contribution in [-0.4, -0.2) is 35.6 Å². The SMILES string of the molecule is O=C(O)c1cc(=O)n2[nH]c(-c3cnccn3)cc2n1. The number of aromatic carboxylic acids is 1. The van der Waals surface area contributed by atoms with Crippen LogP contribution in [0, 0.1) is 0 Å². The van der Waals surface area contributed by atoms with Gasteiger partial charge in [0.05, 0.1) is 11.9 Å². The van der Waals surface area contributed by atoms with E-state index in [2.05, 4.69) is 20.1 Å². The van der Waals surface area contributed by atoms with E-state index in [0.29, 0.717) is 11.4 Å². The van der Waals surface area contributed by atoms with Gasteiger partial charge in [-0.1, -0.05) is 0 Å². The minimum atomic E-state index is -1.25. The highest BCUT2D eigenvalue weighted by Gasteiger charge is 2.12. The van der Waals surface area contributed by atoms with E-state index in [0.717, 1.165) is 10.6 Å². The molecular weight excluding hydrogens is 250 g/mol. The van der Waals surface area contributed by atoms with Crippen molar-refractivity contribution in [1.82, 2.24) is 24.6 Å². The number of carboxylic acid groups (broad SMARTS) is 1. The Hall–Kier alpha value is -3.03. The summed E-state index contributed by atoms with van der Waals surface area (Å²) < 4.78 is 1.15. The summed E-state index contributed by atoms with van der Waals surface area (Å²) in [5, 5.41) is 11.6. The summed E-state index contributed by atoms with van der Waals surface area (Å²) in [5.41, 5.74) is 0.474. The molecule has 0 saturated heterocycles. The van der Waals surface area contributed by atoms with Crippen LogP contribution in [0.4, 0.5) is 0 Å². The quantitative estimate of drug-likeness (QED) is 0.676. The summed E-state index contributed by atoms with van der Waals surface area (Å²) in [6, 6.07) is 2.49. The van der Waals surface area contributed by atoms with E-state index >= 15 is 0 Å². The number of aromatic nitrogens is 5. The third-order valence-electron chi connectivity index (χ3n) is 2.51. The van der Waals surface area contributed by atoms with Gasteiger partial charge in [0.15, 0.2) is 11.3 Å². The molecule has 94 valence electrons. The molecule has 8 heteroatoms. The Kier molecular flexibility index (Phi) is 2.34. The smallest absolute Gasteiger partial charge is 0.354 e. The Morgan fingerprint density at radius 1 is 1.32 bits per heavy atom. The first kappa shape index (κ1) is 11.1. The van der Waals surface area contributed by atoms with Crippen LogP contribution < -0.4 is 5.56 Å². The van der Waals surface area contributed by atoms with Crippen LogP contribution >= 0.6 is 0 Å². The molecule has 0 spiro atoms.